The van der Waals surface area contributed by atoms with E-state index >= 15 is 0 Å². The molecule has 1 unspecified atom stereocenters. The minimum atomic E-state index is -3.57. The zero-order chi connectivity index (χ0) is 19.4. The quantitative estimate of drug-likeness (QED) is 0.797. The largest absolute Gasteiger partial charge is 0.405 e. The molecule has 1 aromatic heterocycles. The van der Waals surface area contributed by atoms with Crippen molar-refractivity contribution in [1.82, 2.24) is 14.5 Å². The van der Waals surface area contributed by atoms with Crippen LogP contribution >= 0.6 is 0 Å². The molecule has 9 nitrogen and oxygen atoms in total. The number of nitrogens with zero attached hydrogens (tertiary/aromatic N) is 3. The Hall–Kier alpha value is -2.30. The maximum Gasteiger partial charge on any atom is 0.322 e. The van der Waals surface area contributed by atoms with Crippen LogP contribution in [0.1, 0.15) is 42.4 Å². The maximum absolute atomic E-state index is 12.8. The predicted molar refractivity (Wildman–Crippen MR) is 96.6 cm³/mol. The molecule has 3 rings (SSSR count). The minimum absolute atomic E-state index is 0.0226. The summed E-state index contributed by atoms with van der Waals surface area (Å²) in [6.07, 6.45) is 2.75. The Morgan fingerprint density at radius 2 is 2.04 bits per heavy atom. The Bertz CT molecular complexity index is 894. The van der Waals surface area contributed by atoms with Crippen LogP contribution < -0.4 is 5.32 Å². The van der Waals surface area contributed by atoms with Crippen LogP contribution in [0, 0.1) is 0 Å². The third kappa shape index (κ3) is 4.34. The molecule has 0 saturated carbocycles. The van der Waals surface area contributed by atoms with Crippen molar-refractivity contribution < 1.29 is 22.4 Å². The minimum Gasteiger partial charge on any atom is -0.405 e. The number of carbonyl (C=O) groups excluding carboxylic acids is 1. The molecular weight excluding hydrogens is 372 g/mol. The molecule has 27 heavy (non-hydrogen) atoms. The van der Waals surface area contributed by atoms with E-state index in [1.54, 1.807) is 0 Å². The van der Waals surface area contributed by atoms with Crippen LogP contribution in [0.25, 0.3) is 0 Å². The van der Waals surface area contributed by atoms with E-state index in [1.807, 2.05) is 6.92 Å². The number of amides is 1. The van der Waals surface area contributed by atoms with Crippen molar-refractivity contribution >= 4 is 21.9 Å². The number of anilines is 1. The Balaban J connectivity index is 1.71. The summed E-state index contributed by atoms with van der Waals surface area (Å²) in [7, 11) is -2.08. The number of ether oxygens (including phenoxy) is 1. The van der Waals surface area contributed by atoms with Crippen LogP contribution in [0.5, 0.6) is 0 Å². The number of piperidine rings is 1. The number of sulfonamides is 1. The second-order valence-corrected chi connectivity index (χ2v) is 8.26. The lowest BCUT2D eigenvalue weighted by atomic mass is 10.1. The van der Waals surface area contributed by atoms with Gasteiger partial charge in [0.2, 0.25) is 15.9 Å². The lowest BCUT2D eigenvalue weighted by molar-refractivity contribution is 0.102. The van der Waals surface area contributed by atoms with Gasteiger partial charge in [0.15, 0.2) is 0 Å². The summed E-state index contributed by atoms with van der Waals surface area (Å²) < 4.78 is 37.2. The molecule has 0 spiro atoms. The highest BCUT2D eigenvalue weighted by Crippen LogP contribution is 2.25. The molecule has 1 aromatic carbocycles. The summed E-state index contributed by atoms with van der Waals surface area (Å²) >= 11 is 0. The fourth-order valence-electron chi connectivity index (χ4n) is 3.00. The number of benzene rings is 1. The van der Waals surface area contributed by atoms with Crippen molar-refractivity contribution in [2.45, 2.75) is 43.7 Å². The molecule has 1 amide bonds. The molecule has 1 N–H and O–H groups in total. The van der Waals surface area contributed by atoms with Gasteiger partial charge in [-0.2, -0.15) is 4.31 Å². The molecule has 1 aliphatic rings. The maximum atomic E-state index is 12.8. The number of carbonyl (C=O) groups is 1. The Kier molecular flexibility index (Phi) is 5.88. The van der Waals surface area contributed by atoms with Gasteiger partial charge in [0, 0.05) is 25.3 Å². The molecule has 1 saturated heterocycles. The van der Waals surface area contributed by atoms with Crippen molar-refractivity contribution in [3.8, 4) is 0 Å². The van der Waals surface area contributed by atoms with Crippen LogP contribution in [0.2, 0.25) is 0 Å². The molecule has 2 heterocycles. The van der Waals surface area contributed by atoms with Gasteiger partial charge in [-0.15, -0.1) is 5.10 Å². The molecule has 2 aromatic rings. The third-order valence-electron chi connectivity index (χ3n) is 4.42. The first-order valence-electron chi connectivity index (χ1n) is 8.66. The summed E-state index contributed by atoms with van der Waals surface area (Å²) in [4.78, 5) is 12.4. The standard InChI is InChI=1S/C17H22N4O5S/c1-12-5-3-4-10-21(12)27(23,24)14-8-6-13(7-9-14)16(22)18-17-20-19-15(26-17)11-25-2/h6-9,12H,3-5,10-11H2,1-2H3,(H,18,20,22). The zero-order valence-electron chi connectivity index (χ0n) is 15.2. The van der Waals surface area contributed by atoms with E-state index in [0.29, 0.717) is 6.54 Å². The van der Waals surface area contributed by atoms with Crippen molar-refractivity contribution in [3.05, 3.63) is 35.7 Å². The van der Waals surface area contributed by atoms with Gasteiger partial charge >= 0.3 is 6.01 Å². The van der Waals surface area contributed by atoms with Gasteiger partial charge in [0.25, 0.3) is 5.91 Å². The summed E-state index contributed by atoms with van der Waals surface area (Å²) in [6.45, 7) is 2.58. The van der Waals surface area contributed by atoms with Gasteiger partial charge in [-0.25, -0.2) is 8.42 Å². The molecule has 0 radical (unpaired) electrons. The average molecular weight is 394 g/mol. The smallest absolute Gasteiger partial charge is 0.322 e. The average Bonchev–Trinajstić information content (AvgIpc) is 3.09. The zero-order valence-corrected chi connectivity index (χ0v) is 16.0. The Labute approximate surface area is 157 Å². The van der Waals surface area contributed by atoms with Gasteiger partial charge in [0.1, 0.15) is 6.61 Å². The van der Waals surface area contributed by atoms with Crippen LogP contribution in [-0.4, -0.2) is 48.5 Å². The molecular formula is C17H22N4O5S. The first kappa shape index (κ1) is 19.5. The van der Waals surface area contributed by atoms with Gasteiger partial charge in [-0.1, -0.05) is 11.5 Å². The van der Waals surface area contributed by atoms with Gasteiger partial charge in [0.05, 0.1) is 4.90 Å². The van der Waals surface area contributed by atoms with E-state index in [2.05, 4.69) is 15.5 Å². The second kappa shape index (κ2) is 8.15. The van der Waals surface area contributed by atoms with Crippen LogP contribution in [0.15, 0.2) is 33.6 Å². The van der Waals surface area contributed by atoms with Crippen molar-refractivity contribution in [2.24, 2.45) is 0 Å². The molecule has 0 bridgehead atoms. The molecule has 146 valence electrons. The van der Waals surface area contributed by atoms with Crippen LogP contribution in [0.3, 0.4) is 0 Å². The third-order valence-corrected chi connectivity index (χ3v) is 6.45. The van der Waals surface area contributed by atoms with E-state index < -0.39 is 15.9 Å². The van der Waals surface area contributed by atoms with E-state index in [0.717, 1.165) is 19.3 Å². The lowest BCUT2D eigenvalue weighted by Crippen LogP contribution is -2.41. The van der Waals surface area contributed by atoms with Crippen LogP contribution in [0.4, 0.5) is 6.01 Å². The summed E-state index contributed by atoms with van der Waals surface area (Å²) in [5.41, 5.74) is 0.284. The fourth-order valence-corrected chi connectivity index (χ4v) is 4.70. The van der Waals surface area contributed by atoms with E-state index in [4.69, 9.17) is 9.15 Å². The summed E-state index contributed by atoms with van der Waals surface area (Å²) in [5, 5.41) is 9.88. The lowest BCUT2D eigenvalue weighted by Gasteiger charge is -2.32. The number of aromatic nitrogens is 2. The first-order chi connectivity index (χ1) is 12.9. The molecule has 1 atom stereocenters. The second-order valence-electron chi connectivity index (χ2n) is 6.37. The van der Waals surface area contributed by atoms with Gasteiger partial charge in [-0.05, 0) is 44.0 Å². The van der Waals surface area contributed by atoms with E-state index in [-0.39, 0.29) is 35.0 Å². The summed E-state index contributed by atoms with van der Waals surface area (Å²) in [5.74, 6) is -0.234. The van der Waals surface area contributed by atoms with E-state index in [1.165, 1.54) is 35.7 Å². The number of hydrogen-bond donors (Lipinski definition) is 1. The SMILES string of the molecule is COCc1nnc(NC(=O)c2ccc(S(=O)(=O)N3CCCCC3C)cc2)o1. The normalized spacial score (nSPS) is 18.4. The fraction of sp³-hybridized carbons (Fsp3) is 0.471. The molecule has 0 aliphatic carbocycles. The predicted octanol–water partition coefficient (Wildman–Crippen LogP) is 2.03. The Morgan fingerprint density at radius 1 is 1.30 bits per heavy atom. The van der Waals surface area contributed by atoms with Gasteiger partial charge < -0.3 is 9.15 Å². The molecule has 1 aliphatic heterocycles. The summed E-state index contributed by atoms with van der Waals surface area (Å²) in [6, 6.07) is 5.73. The monoisotopic (exact) mass is 394 g/mol. The number of nitrogens with one attached hydrogen (secondary N) is 1. The van der Waals surface area contributed by atoms with Crippen molar-refractivity contribution in [3.63, 3.8) is 0 Å². The number of rotatable bonds is 6. The number of hydrogen-bond acceptors (Lipinski definition) is 7. The van der Waals surface area contributed by atoms with Gasteiger partial charge in [-0.3, -0.25) is 10.1 Å². The van der Waals surface area contributed by atoms with Crippen molar-refractivity contribution in [2.75, 3.05) is 19.0 Å². The van der Waals surface area contributed by atoms with E-state index in [9.17, 15) is 13.2 Å². The van der Waals surface area contributed by atoms with Crippen LogP contribution in [-0.2, 0) is 21.4 Å². The topological polar surface area (TPSA) is 115 Å². The molecule has 10 heteroatoms. The number of methoxy groups -OCH3 is 1. The van der Waals surface area contributed by atoms with Crippen molar-refractivity contribution in [1.29, 1.82) is 0 Å². The highest BCUT2D eigenvalue weighted by atomic mass is 32.2. The highest BCUT2D eigenvalue weighted by Gasteiger charge is 2.30. The molecule has 1 fully saturated rings. The highest BCUT2D eigenvalue weighted by molar-refractivity contribution is 7.89. The first-order valence-corrected chi connectivity index (χ1v) is 10.1. The Morgan fingerprint density at radius 3 is 2.70 bits per heavy atom.